The first kappa shape index (κ1) is 15.7. The molecule has 1 atom stereocenters. The van der Waals surface area contributed by atoms with Crippen LogP contribution in [0.15, 0.2) is 23.7 Å². The zero-order chi connectivity index (χ0) is 15.2. The average Bonchev–Trinajstić information content (AvgIpc) is 3.01. The lowest BCUT2D eigenvalue weighted by molar-refractivity contribution is 0.0930. The third-order valence-electron chi connectivity index (χ3n) is 2.88. The predicted molar refractivity (Wildman–Crippen MR) is 86.0 cm³/mol. The van der Waals surface area contributed by atoms with Crippen LogP contribution in [0.5, 0.6) is 0 Å². The van der Waals surface area contributed by atoms with Crippen molar-refractivity contribution >= 4 is 34.7 Å². The first-order chi connectivity index (χ1) is 10.2. The van der Waals surface area contributed by atoms with Crippen molar-refractivity contribution in [3.63, 3.8) is 0 Å². The summed E-state index contributed by atoms with van der Waals surface area (Å²) in [5.41, 5.74) is 0.227. The van der Waals surface area contributed by atoms with Gasteiger partial charge in [0, 0.05) is 18.1 Å². The highest BCUT2D eigenvalue weighted by molar-refractivity contribution is 7.09. The van der Waals surface area contributed by atoms with Crippen LogP contribution in [0.3, 0.4) is 0 Å². The summed E-state index contributed by atoms with van der Waals surface area (Å²) in [6, 6.07) is 3.30. The van der Waals surface area contributed by atoms with Gasteiger partial charge in [-0.1, -0.05) is 18.5 Å². The number of nitrogens with zero attached hydrogens (tertiary/aromatic N) is 2. The SMILES string of the molecule is CCNc1ccc(Cl)c(C(=O)NC(CC)c2nccs2)n1. The molecule has 0 fully saturated rings. The molecule has 0 aliphatic heterocycles. The lowest BCUT2D eigenvalue weighted by Gasteiger charge is -2.15. The maximum Gasteiger partial charge on any atom is 0.272 e. The molecule has 0 spiro atoms. The molecule has 2 heterocycles. The largest absolute Gasteiger partial charge is 0.370 e. The molecular weight excluding hydrogens is 308 g/mol. The van der Waals surface area contributed by atoms with Gasteiger partial charge in [0.2, 0.25) is 0 Å². The van der Waals surface area contributed by atoms with E-state index in [4.69, 9.17) is 11.6 Å². The Labute approximate surface area is 132 Å². The van der Waals surface area contributed by atoms with E-state index in [1.165, 1.54) is 11.3 Å². The highest BCUT2D eigenvalue weighted by atomic mass is 35.5. The van der Waals surface area contributed by atoms with Crippen molar-refractivity contribution in [2.45, 2.75) is 26.3 Å². The fourth-order valence-electron chi connectivity index (χ4n) is 1.85. The van der Waals surface area contributed by atoms with Gasteiger partial charge in [-0.2, -0.15) is 0 Å². The first-order valence-corrected chi connectivity index (χ1v) is 8.02. The average molecular weight is 325 g/mol. The highest BCUT2D eigenvalue weighted by Gasteiger charge is 2.19. The van der Waals surface area contributed by atoms with Crippen LogP contribution >= 0.6 is 22.9 Å². The van der Waals surface area contributed by atoms with Crippen molar-refractivity contribution < 1.29 is 4.79 Å². The lowest BCUT2D eigenvalue weighted by Crippen LogP contribution is -2.29. The summed E-state index contributed by atoms with van der Waals surface area (Å²) in [6.45, 7) is 4.69. The van der Waals surface area contributed by atoms with Gasteiger partial charge in [-0.3, -0.25) is 4.79 Å². The number of nitrogens with one attached hydrogen (secondary N) is 2. The molecule has 0 aliphatic rings. The minimum absolute atomic E-state index is 0.127. The number of aromatic nitrogens is 2. The summed E-state index contributed by atoms with van der Waals surface area (Å²) in [5.74, 6) is 0.344. The number of amides is 1. The Morgan fingerprint density at radius 1 is 1.43 bits per heavy atom. The number of halogens is 1. The number of hydrogen-bond acceptors (Lipinski definition) is 5. The van der Waals surface area contributed by atoms with Crippen molar-refractivity contribution in [2.75, 3.05) is 11.9 Å². The van der Waals surface area contributed by atoms with Crippen LogP contribution in [-0.2, 0) is 0 Å². The van der Waals surface area contributed by atoms with Gasteiger partial charge in [-0.15, -0.1) is 11.3 Å². The van der Waals surface area contributed by atoms with Crippen molar-refractivity contribution in [1.82, 2.24) is 15.3 Å². The van der Waals surface area contributed by atoms with E-state index in [2.05, 4.69) is 20.6 Å². The smallest absolute Gasteiger partial charge is 0.272 e. The Morgan fingerprint density at radius 3 is 2.86 bits per heavy atom. The number of carbonyl (C=O) groups excluding carboxylic acids is 1. The third-order valence-corrected chi connectivity index (χ3v) is 4.08. The van der Waals surface area contributed by atoms with Gasteiger partial charge in [0.05, 0.1) is 11.1 Å². The van der Waals surface area contributed by atoms with Gasteiger partial charge in [0.1, 0.15) is 16.5 Å². The minimum atomic E-state index is -0.290. The van der Waals surface area contributed by atoms with Gasteiger partial charge >= 0.3 is 0 Å². The van der Waals surface area contributed by atoms with Crippen molar-refractivity contribution in [1.29, 1.82) is 0 Å². The molecular formula is C14H17ClN4OS. The van der Waals surface area contributed by atoms with Crippen molar-refractivity contribution in [2.24, 2.45) is 0 Å². The molecule has 2 rings (SSSR count). The predicted octanol–water partition coefficient (Wildman–Crippen LogP) is 3.50. The Balaban J connectivity index is 2.17. The van der Waals surface area contributed by atoms with Gasteiger partial charge < -0.3 is 10.6 Å². The van der Waals surface area contributed by atoms with Crippen LogP contribution < -0.4 is 10.6 Å². The molecule has 2 aromatic heterocycles. The number of pyridine rings is 1. The van der Waals surface area contributed by atoms with Gasteiger partial charge in [0.25, 0.3) is 5.91 Å². The Kier molecular flexibility index (Phi) is 5.52. The molecule has 112 valence electrons. The highest BCUT2D eigenvalue weighted by Crippen LogP contribution is 2.21. The maximum absolute atomic E-state index is 12.4. The van der Waals surface area contributed by atoms with E-state index in [9.17, 15) is 4.79 Å². The number of anilines is 1. The van der Waals surface area contributed by atoms with Crippen LogP contribution in [-0.4, -0.2) is 22.4 Å². The van der Waals surface area contributed by atoms with E-state index < -0.39 is 0 Å². The van der Waals surface area contributed by atoms with E-state index in [0.29, 0.717) is 10.8 Å². The lowest BCUT2D eigenvalue weighted by atomic mass is 10.2. The molecule has 0 aromatic carbocycles. The summed E-state index contributed by atoms with van der Waals surface area (Å²) in [4.78, 5) is 20.9. The summed E-state index contributed by atoms with van der Waals surface area (Å²) in [7, 11) is 0. The van der Waals surface area contributed by atoms with Crippen LogP contribution in [0.4, 0.5) is 5.82 Å². The van der Waals surface area contributed by atoms with Crippen LogP contribution in [0.25, 0.3) is 0 Å². The van der Waals surface area contributed by atoms with E-state index in [-0.39, 0.29) is 17.6 Å². The van der Waals surface area contributed by atoms with E-state index in [0.717, 1.165) is 18.0 Å². The fraction of sp³-hybridized carbons (Fsp3) is 0.357. The topological polar surface area (TPSA) is 66.9 Å². The quantitative estimate of drug-likeness (QED) is 0.853. The molecule has 0 saturated carbocycles. The van der Waals surface area contributed by atoms with Gasteiger partial charge in [-0.25, -0.2) is 9.97 Å². The molecule has 0 radical (unpaired) electrons. The van der Waals surface area contributed by atoms with Crippen LogP contribution in [0.2, 0.25) is 5.02 Å². The van der Waals surface area contributed by atoms with Crippen LogP contribution in [0.1, 0.15) is 41.8 Å². The normalized spacial score (nSPS) is 12.0. The maximum atomic E-state index is 12.4. The van der Waals surface area contributed by atoms with E-state index in [1.807, 2.05) is 19.2 Å². The minimum Gasteiger partial charge on any atom is -0.370 e. The van der Waals surface area contributed by atoms with E-state index >= 15 is 0 Å². The zero-order valence-corrected chi connectivity index (χ0v) is 13.5. The van der Waals surface area contributed by atoms with Gasteiger partial charge in [-0.05, 0) is 25.5 Å². The third kappa shape index (κ3) is 3.92. The molecule has 5 nitrogen and oxygen atoms in total. The molecule has 21 heavy (non-hydrogen) atoms. The second-order valence-electron chi connectivity index (χ2n) is 4.36. The Bertz CT molecular complexity index is 603. The first-order valence-electron chi connectivity index (χ1n) is 6.76. The molecule has 2 N–H and O–H groups in total. The number of thiazole rings is 1. The molecule has 2 aromatic rings. The molecule has 1 unspecified atom stereocenters. The number of rotatable bonds is 6. The summed E-state index contributed by atoms with van der Waals surface area (Å²) >= 11 is 7.60. The van der Waals surface area contributed by atoms with Crippen LogP contribution in [0, 0.1) is 0 Å². The molecule has 0 saturated heterocycles. The monoisotopic (exact) mass is 324 g/mol. The summed E-state index contributed by atoms with van der Waals surface area (Å²) in [5, 5.41) is 9.10. The second kappa shape index (κ2) is 7.38. The molecule has 0 aliphatic carbocycles. The molecule has 1 amide bonds. The zero-order valence-electron chi connectivity index (χ0n) is 11.9. The summed E-state index contributed by atoms with van der Waals surface area (Å²) < 4.78 is 0. The Morgan fingerprint density at radius 2 is 2.24 bits per heavy atom. The Hall–Kier alpha value is -1.66. The molecule has 0 bridgehead atoms. The fourth-order valence-corrected chi connectivity index (χ4v) is 2.82. The van der Waals surface area contributed by atoms with E-state index in [1.54, 1.807) is 18.3 Å². The standard InChI is InChI=1S/C14H17ClN4OS/c1-3-10(14-17-7-8-21-14)18-13(20)12-9(15)5-6-11(19-12)16-4-2/h5-8,10H,3-4H2,1-2H3,(H,16,19)(H,18,20). The van der Waals surface area contributed by atoms with Gasteiger partial charge in [0.15, 0.2) is 0 Å². The summed E-state index contributed by atoms with van der Waals surface area (Å²) in [6.07, 6.45) is 2.48. The number of carbonyl (C=O) groups is 1. The molecule has 7 heteroatoms. The second-order valence-corrected chi connectivity index (χ2v) is 5.70. The van der Waals surface area contributed by atoms with Crippen molar-refractivity contribution in [3.05, 3.63) is 39.4 Å². The number of hydrogen-bond donors (Lipinski definition) is 2. The van der Waals surface area contributed by atoms with Crippen molar-refractivity contribution in [3.8, 4) is 0 Å².